The predicted octanol–water partition coefficient (Wildman–Crippen LogP) is 3.80. The second kappa shape index (κ2) is 8.41. The highest BCUT2D eigenvalue weighted by Crippen LogP contribution is 2.29. The maximum atomic E-state index is 13.0. The molecule has 1 fully saturated rings. The minimum Gasteiger partial charge on any atom is -0.497 e. The van der Waals surface area contributed by atoms with Crippen LogP contribution in [0.2, 0.25) is 5.02 Å². The number of nitrogens with zero attached hydrogens (tertiary/aromatic N) is 2. The van der Waals surface area contributed by atoms with Crippen molar-refractivity contribution in [3.8, 4) is 5.75 Å². The van der Waals surface area contributed by atoms with Crippen molar-refractivity contribution in [2.45, 2.75) is 24.2 Å². The number of anilines is 1. The molecular formula is C20H23ClN2O4S. The summed E-state index contributed by atoms with van der Waals surface area (Å²) in [5.74, 6) is 0.407. The highest BCUT2D eigenvalue weighted by molar-refractivity contribution is 7.92. The Bertz CT molecular complexity index is 955. The molecule has 150 valence electrons. The van der Waals surface area contributed by atoms with Gasteiger partial charge in [-0.25, -0.2) is 8.42 Å². The van der Waals surface area contributed by atoms with Gasteiger partial charge in [-0.2, -0.15) is 0 Å². The number of halogens is 1. The summed E-state index contributed by atoms with van der Waals surface area (Å²) in [6.45, 7) is 1.39. The van der Waals surface area contributed by atoms with E-state index in [1.54, 1.807) is 35.2 Å². The quantitative estimate of drug-likeness (QED) is 0.735. The Morgan fingerprint density at radius 3 is 2.32 bits per heavy atom. The molecule has 0 aromatic heterocycles. The first-order valence-corrected chi connectivity index (χ1v) is 10.9. The lowest BCUT2D eigenvalue weighted by Crippen LogP contribution is -2.36. The number of piperidine rings is 1. The molecule has 1 aliphatic rings. The molecule has 0 spiro atoms. The summed E-state index contributed by atoms with van der Waals surface area (Å²) in [5.41, 5.74) is 0.693. The van der Waals surface area contributed by atoms with Gasteiger partial charge in [-0.1, -0.05) is 11.6 Å². The summed E-state index contributed by atoms with van der Waals surface area (Å²) in [6.07, 6.45) is 3.05. The van der Waals surface area contributed by atoms with Crippen molar-refractivity contribution in [1.29, 1.82) is 0 Å². The summed E-state index contributed by atoms with van der Waals surface area (Å²) < 4.78 is 32.1. The molecule has 1 aliphatic heterocycles. The molecule has 0 bridgehead atoms. The molecule has 3 rings (SSSR count). The zero-order valence-corrected chi connectivity index (χ0v) is 17.5. The van der Waals surface area contributed by atoms with E-state index in [2.05, 4.69) is 0 Å². The van der Waals surface area contributed by atoms with E-state index in [0.29, 0.717) is 35.1 Å². The van der Waals surface area contributed by atoms with Crippen molar-refractivity contribution < 1.29 is 17.9 Å². The van der Waals surface area contributed by atoms with Gasteiger partial charge in [0.25, 0.3) is 15.9 Å². The molecule has 0 atom stereocenters. The summed E-state index contributed by atoms with van der Waals surface area (Å²) in [5, 5.41) is 0.314. The van der Waals surface area contributed by atoms with Crippen LogP contribution in [-0.4, -0.2) is 46.5 Å². The van der Waals surface area contributed by atoms with Crippen LogP contribution in [0.5, 0.6) is 5.75 Å². The highest BCUT2D eigenvalue weighted by Gasteiger charge is 2.25. The fourth-order valence-corrected chi connectivity index (χ4v) is 4.57. The van der Waals surface area contributed by atoms with Crippen LogP contribution in [0.3, 0.4) is 0 Å². The standard InChI is InChI=1S/C20H23ClN2O4S/c1-22(28(25,26)17-9-7-16(27-2)8-10-17)15-6-11-19(21)18(14-15)20(24)23-12-4-3-5-13-23/h6-11,14H,3-5,12-13H2,1-2H3. The second-order valence-corrected chi connectivity index (χ2v) is 9.04. The molecule has 8 heteroatoms. The van der Waals surface area contributed by atoms with Gasteiger partial charge in [0.05, 0.1) is 28.3 Å². The number of hydrogen-bond donors (Lipinski definition) is 0. The van der Waals surface area contributed by atoms with Crippen molar-refractivity contribution in [2.75, 3.05) is 31.6 Å². The fraction of sp³-hybridized carbons (Fsp3) is 0.350. The topological polar surface area (TPSA) is 66.9 Å². The third-order valence-electron chi connectivity index (χ3n) is 4.91. The van der Waals surface area contributed by atoms with Crippen LogP contribution in [0.15, 0.2) is 47.4 Å². The average molecular weight is 423 g/mol. The molecule has 0 saturated carbocycles. The van der Waals surface area contributed by atoms with Gasteiger partial charge in [0.15, 0.2) is 0 Å². The number of hydrogen-bond acceptors (Lipinski definition) is 4. The lowest BCUT2D eigenvalue weighted by molar-refractivity contribution is 0.0724. The summed E-state index contributed by atoms with van der Waals surface area (Å²) in [7, 11) is -0.813. The van der Waals surface area contributed by atoms with E-state index in [-0.39, 0.29) is 10.8 Å². The molecule has 1 amide bonds. The number of rotatable bonds is 5. The molecule has 1 heterocycles. The monoisotopic (exact) mass is 422 g/mol. The first-order chi connectivity index (χ1) is 13.3. The van der Waals surface area contributed by atoms with Gasteiger partial charge >= 0.3 is 0 Å². The third-order valence-corrected chi connectivity index (χ3v) is 7.03. The van der Waals surface area contributed by atoms with Gasteiger partial charge in [-0.15, -0.1) is 0 Å². The Hall–Kier alpha value is -2.25. The van der Waals surface area contributed by atoms with Gasteiger partial charge in [-0.3, -0.25) is 9.10 Å². The van der Waals surface area contributed by atoms with Crippen LogP contribution in [0, 0.1) is 0 Å². The first kappa shape index (κ1) is 20.5. The van der Waals surface area contributed by atoms with Gasteiger partial charge in [-0.05, 0) is 61.7 Å². The van der Waals surface area contributed by atoms with Gasteiger partial charge in [0.2, 0.25) is 0 Å². The molecule has 1 saturated heterocycles. The summed E-state index contributed by atoms with van der Waals surface area (Å²) in [4.78, 5) is 14.7. The Morgan fingerprint density at radius 2 is 1.71 bits per heavy atom. The third kappa shape index (κ3) is 4.10. The van der Waals surface area contributed by atoms with Crippen molar-refractivity contribution >= 4 is 33.2 Å². The highest BCUT2D eigenvalue weighted by atomic mass is 35.5. The molecule has 28 heavy (non-hydrogen) atoms. The van der Waals surface area contributed by atoms with Gasteiger partial charge in [0.1, 0.15) is 5.75 Å². The Balaban J connectivity index is 1.90. The fourth-order valence-electron chi connectivity index (χ4n) is 3.18. The molecule has 0 aliphatic carbocycles. The number of carbonyl (C=O) groups excluding carboxylic acids is 1. The van der Waals surface area contributed by atoms with E-state index in [1.165, 1.54) is 26.3 Å². The van der Waals surface area contributed by atoms with Crippen LogP contribution < -0.4 is 9.04 Å². The maximum Gasteiger partial charge on any atom is 0.264 e. The lowest BCUT2D eigenvalue weighted by Gasteiger charge is -2.27. The Morgan fingerprint density at radius 1 is 1.07 bits per heavy atom. The number of ether oxygens (including phenoxy) is 1. The second-order valence-electron chi connectivity index (χ2n) is 6.67. The minimum absolute atomic E-state index is 0.134. The molecule has 0 N–H and O–H groups in total. The molecular weight excluding hydrogens is 400 g/mol. The van der Waals surface area contributed by atoms with Crippen LogP contribution in [0.25, 0.3) is 0 Å². The molecule has 0 unspecified atom stereocenters. The van der Waals surface area contributed by atoms with Crippen LogP contribution in [-0.2, 0) is 10.0 Å². The maximum absolute atomic E-state index is 13.0. The number of benzene rings is 2. The number of likely N-dealkylation sites (tertiary alicyclic amines) is 1. The molecule has 2 aromatic rings. The largest absolute Gasteiger partial charge is 0.497 e. The van der Waals surface area contributed by atoms with Crippen LogP contribution >= 0.6 is 11.6 Å². The van der Waals surface area contributed by atoms with Crippen LogP contribution in [0.4, 0.5) is 5.69 Å². The summed E-state index contributed by atoms with van der Waals surface area (Å²) >= 11 is 6.25. The lowest BCUT2D eigenvalue weighted by atomic mass is 10.1. The molecule has 0 radical (unpaired) electrons. The van der Waals surface area contributed by atoms with E-state index in [9.17, 15) is 13.2 Å². The van der Waals surface area contributed by atoms with Gasteiger partial charge in [0, 0.05) is 20.1 Å². The molecule has 6 nitrogen and oxygen atoms in total. The van der Waals surface area contributed by atoms with Crippen molar-refractivity contribution in [3.05, 3.63) is 53.1 Å². The van der Waals surface area contributed by atoms with Crippen molar-refractivity contribution in [3.63, 3.8) is 0 Å². The molecule has 2 aromatic carbocycles. The Kier molecular flexibility index (Phi) is 6.15. The van der Waals surface area contributed by atoms with E-state index in [4.69, 9.17) is 16.3 Å². The smallest absolute Gasteiger partial charge is 0.264 e. The van der Waals surface area contributed by atoms with Crippen molar-refractivity contribution in [2.24, 2.45) is 0 Å². The first-order valence-electron chi connectivity index (χ1n) is 9.06. The van der Waals surface area contributed by atoms with E-state index in [1.807, 2.05) is 0 Å². The zero-order chi connectivity index (χ0) is 20.3. The number of methoxy groups -OCH3 is 1. The number of sulfonamides is 1. The van der Waals surface area contributed by atoms with Gasteiger partial charge < -0.3 is 9.64 Å². The average Bonchev–Trinajstić information content (AvgIpc) is 2.73. The zero-order valence-electron chi connectivity index (χ0n) is 15.9. The van der Waals surface area contributed by atoms with Crippen molar-refractivity contribution in [1.82, 2.24) is 4.90 Å². The van der Waals surface area contributed by atoms with E-state index >= 15 is 0 Å². The van der Waals surface area contributed by atoms with Crippen LogP contribution in [0.1, 0.15) is 29.6 Å². The van der Waals surface area contributed by atoms with E-state index < -0.39 is 10.0 Å². The normalized spacial score (nSPS) is 14.6. The van der Waals surface area contributed by atoms with E-state index in [0.717, 1.165) is 23.6 Å². The Labute approximate surface area is 170 Å². The predicted molar refractivity (Wildman–Crippen MR) is 110 cm³/mol. The number of amides is 1. The summed E-state index contributed by atoms with van der Waals surface area (Å²) in [6, 6.07) is 10.9. The minimum atomic E-state index is -3.79. The SMILES string of the molecule is COc1ccc(S(=O)(=O)N(C)c2ccc(Cl)c(C(=O)N3CCCCC3)c2)cc1. The number of carbonyl (C=O) groups is 1.